The summed E-state index contributed by atoms with van der Waals surface area (Å²) in [4.78, 5) is 4.83. The summed E-state index contributed by atoms with van der Waals surface area (Å²) in [6.45, 7) is 8.50. The van der Waals surface area contributed by atoms with Crippen LogP contribution in [0.15, 0.2) is 54.6 Å². The lowest BCUT2D eigenvalue weighted by molar-refractivity contribution is 1.26. The van der Waals surface area contributed by atoms with E-state index in [0.717, 1.165) is 17.2 Å². The molecule has 1 aromatic heterocycles. The number of benzene rings is 2. The third kappa shape index (κ3) is 3.11. The zero-order chi connectivity index (χ0) is 16.4. The fourth-order valence-corrected chi connectivity index (χ4v) is 3.00. The molecule has 0 saturated heterocycles. The summed E-state index contributed by atoms with van der Waals surface area (Å²) in [7, 11) is 0. The number of pyridine rings is 1. The fourth-order valence-electron chi connectivity index (χ4n) is 3.00. The molecule has 0 spiro atoms. The first-order valence-corrected chi connectivity index (χ1v) is 7.93. The van der Waals surface area contributed by atoms with Gasteiger partial charge in [0.2, 0.25) is 0 Å². The van der Waals surface area contributed by atoms with Crippen LogP contribution in [0.5, 0.6) is 0 Å². The zero-order valence-corrected chi connectivity index (χ0v) is 14.1. The lowest BCUT2D eigenvalue weighted by Crippen LogP contribution is -1.99. The number of para-hydroxylation sites is 1. The number of hydrogen-bond acceptors (Lipinski definition) is 2. The van der Waals surface area contributed by atoms with Crippen molar-refractivity contribution in [2.45, 2.75) is 27.7 Å². The van der Waals surface area contributed by atoms with E-state index in [-0.39, 0.29) is 0 Å². The SMILES string of the molecule is Cc1cccc(C)c1Nc1cccc(-c2c(C)cccc2C)n1. The highest BCUT2D eigenvalue weighted by Crippen LogP contribution is 2.28. The van der Waals surface area contributed by atoms with E-state index in [1.807, 2.05) is 6.07 Å². The van der Waals surface area contributed by atoms with E-state index in [1.165, 1.54) is 27.8 Å². The van der Waals surface area contributed by atoms with Gasteiger partial charge >= 0.3 is 0 Å². The van der Waals surface area contributed by atoms with Crippen molar-refractivity contribution >= 4 is 11.5 Å². The van der Waals surface area contributed by atoms with Crippen molar-refractivity contribution in [2.75, 3.05) is 5.32 Å². The summed E-state index contributed by atoms with van der Waals surface area (Å²) in [6.07, 6.45) is 0. The number of hydrogen-bond donors (Lipinski definition) is 1. The van der Waals surface area contributed by atoms with Gasteiger partial charge in [-0.1, -0.05) is 42.5 Å². The van der Waals surface area contributed by atoms with Gasteiger partial charge in [-0.05, 0) is 62.1 Å². The quantitative estimate of drug-likeness (QED) is 0.668. The monoisotopic (exact) mass is 302 g/mol. The molecule has 0 amide bonds. The summed E-state index contributed by atoms with van der Waals surface area (Å²) >= 11 is 0. The molecule has 1 N–H and O–H groups in total. The Morgan fingerprint density at radius 1 is 0.652 bits per heavy atom. The Bertz CT molecular complexity index is 810. The van der Waals surface area contributed by atoms with Crippen LogP contribution in [0.3, 0.4) is 0 Å². The van der Waals surface area contributed by atoms with Crippen LogP contribution in [0.1, 0.15) is 22.3 Å². The molecule has 2 nitrogen and oxygen atoms in total. The summed E-state index contributed by atoms with van der Waals surface area (Å²) in [5.74, 6) is 0.877. The summed E-state index contributed by atoms with van der Waals surface area (Å²) in [6, 6.07) is 18.8. The smallest absolute Gasteiger partial charge is 0.131 e. The van der Waals surface area contributed by atoms with Crippen molar-refractivity contribution in [2.24, 2.45) is 0 Å². The van der Waals surface area contributed by atoms with Gasteiger partial charge in [-0.2, -0.15) is 0 Å². The van der Waals surface area contributed by atoms with Crippen LogP contribution in [0.2, 0.25) is 0 Å². The Morgan fingerprint density at radius 2 is 1.17 bits per heavy atom. The Hall–Kier alpha value is -2.61. The molecule has 0 unspecified atom stereocenters. The first kappa shape index (κ1) is 15.3. The van der Waals surface area contributed by atoms with E-state index < -0.39 is 0 Å². The molecule has 0 aliphatic carbocycles. The highest BCUT2D eigenvalue weighted by molar-refractivity contribution is 5.71. The van der Waals surface area contributed by atoms with Crippen LogP contribution in [0.4, 0.5) is 11.5 Å². The highest BCUT2D eigenvalue weighted by atomic mass is 15.0. The third-order valence-electron chi connectivity index (χ3n) is 4.22. The Kier molecular flexibility index (Phi) is 4.16. The minimum absolute atomic E-state index is 0.877. The van der Waals surface area contributed by atoms with Crippen molar-refractivity contribution in [1.82, 2.24) is 4.98 Å². The molecule has 23 heavy (non-hydrogen) atoms. The maximum atomic E-state index is 4.83. The second-order valence-corrected chi connectivity index (χ2v) is 6.07. The maximum Gasteiger partial charge on any atom is 0.131 e. The van der Waals surface area contributed by atoms with E-state index in [9.17, 15) is 0 Å². The van der Waals surface area contributed by atoms with E-state index in [4.69, 9.17) is 4.98 Å². The molecule has 3 rings (SSSR count). The van der Waals surface area contributed by atoms with Crippen molar-refractivity contribution < 1.29 is 0 Å². The van der Waals surface area contributed by atoms with E-state index in [1.54, 1.807) is 0 Å². The zero-order valence-electron chi connectivity index (χ0n) is 14.1. The van der Waals surface area contributed by atoms with Gasteiger partial charge in [0.15, 0.2) is 0 Å². The fraction of sp³-hybridized carbons (Fsp3) is 0.190. The largest absolute Gasteiger partial charge is 0.340 e. The molecule has 0 aliphatic heterocycles. The van der Waals surface area contributed by atoms with Gasteiger partial charge in [-0.3, -0.25) is 0 Å². The number of aryl methyl sites for hydroxylation is 4. The Morgan fingerprint density at radius 3 is 1.78 bits per heavy atom. The lowest BCUT2D eigenvalue weighted by Gasteiger charge is -2.14. The van der Waals surface area contributed by atoms with Crippen molar-refractivity contribution in [1.29, 1.82) is 0 Å². The molecular formula is C21H22N2. The minimum atomic E-state index is 0.877. The second kappa shape index (κ2) is 6.25. The molecule has 0 aliphatic rings. The molecule has 0 fully saturated rings. The second-order valence-electron chi connectivity index (χ2n) is 6.07. The van der Waals surface area contributed by atoms with Gasteiger partial charge in [-0.25, -0.2) is 4.98 Å². The van der Waals surface area contributed by atoms with Gasteiger partial charge in [0.05, 0.1) is 5.69 Å². The summed E-state index contributed by atoms with van der Waals surface area (Å²) < 4.78 is 0. The summed E-state index contributed by atoms with van der Waals surface area (Å²) in [5.41, 5.74) is 8.32. The summed E-state index contributed by atoms with van der Waals surface area (Å²) in [5, 5.41) is 3.48. The van der Waals surface area contributed by atoms with Gasteiger partial charge in [0.25, 0.3) is 0 Å². The van der Waals surface area contributed by atoms with Gasteiger partial charge in [0.1, 0.15) is 5.82 Å². The maximum absolute atomic E-state index is 4.83. The number of aromatic nitrogens is 1. The van der Waals surface area contributed by atoms with Crippen molar-refractivity contribution in [3.63, 3.8) is 0 Å². The highest BCUT2D eigenvalue weighted by Gasteiger charge is 2.08. The molecular weight excluding hydrogens is 280 g/mol. The average molecular weight is 302 g/mol. The molecule has 0 bridgehead atoms. The van der Waals surface area contributed by atoms with Crippen LogP contribution in [-0.2, 0) is 0 Å². The van der Waals surface area contributed by atoms with Gasteiger partial charge < -0.3 is 5.32 Å². The van der Waals surface area contributed by atoms with Crippen LogP contribution in [0, 0.1) is 27.7 Å². The molecule has 2 heteroatoms. The Labute approximate surface area is 138 Å². The molecule has 0 atom stereocenters. The van der Waals surface area contributed by atoms with E-state index in [0.29, 0.717) is 0 Å². The third-order valence-corrected chi connectivity index (χ3v) is 4.22. The van der Waals surface area contributed by atoms with Crippen LogP contribution in [-0.4, -0.2) is 4.98 Å². The average Bonchev–Trinajstić information content (AvgIpc) is 2.51. The molecule has 0 radical (unpaired) electrons. The van der Waals surface area contributed by atoms with Crippen LogP contribution >= 0.6 is 0 Å². The predicted molar refractivity (Wildman–Crippen MR) is 98.3 cm³/mol. The minimum Gasteiger partial charge on any atom is -0.340 e. The standard InChI is InChI=1S/C21H22N2/c1-14-8-5-9-15(2)20(14)18-12-7-13-19(22-18)23-21-16(3)10-6-11-17(21)4/h5-13H,1-4H3,(H,22,23). The molecule has 2 aromatic carbocycles. The van der Waals surface area contributed by atoms with Gasteiger partial charge in [0, 0.05) is 11.3 Å². The van der Waals surface area contributed by atoms with E-state index in [2.05, 4.69) is 81.5 Å². The van der Waals surface area contributed by atoms with Crippen molar-refractivity contribution in [3.05, 3.63) is 76.9 Å². The lowest BCUT2D eigenvalue weighted by atomic mass is 10.00. The Balaban J connectivity index is 2.01. The van der Waals surface area contributed by atoms with E-state index >= 15 is 0 Å². The van der Waals surface area contributed by atoms with Crippen molar-refractivity contribution in [3.8, 4) is 11.3 Å². The number of nitrogens with one attached hydrogen (secondary N) is 1. The molecule has 1 heterocycles. The number of anilines is 2. The first-order chi connectivity index (χ1) is 11.1. The van der Waals surface area contributed by atoms with Crippen LogP contribution in [0.25, 0.3) is 11.3 Å². The normalized spacial score (nSPS) is 10.6. The van der Waals surface area contributed by atoms with Crippen LogP contribution < -0.4 is 5.32 Å². The molecule has 0 saturated carbocycles. The number of rotatable bonds is 3. The number of nitrogens with zero attached hydrogens (tertiary/aromatic N) is 1. The van der Waals surface area contributed by atoms with Gasteiger partial charge in [-0.15, -0.1) is 0 Å². The topological polar surface area (TPSA) is 24.9 Å². The predicted octanol–water partition coefficient (Wildman–Crippen LogP) is 5.73. The molecule has 116 valence electrons. The molecule has 3 aromatic rings. The first-order valence-electron chi connectivity index (χ1n) is 7.93.